The summed E-state index contributed by atoms with van der Waals surface area (Å²) in [5, 5.41) is 14.6. The predicted molar refractivity (Wildman–Crippen MR) is 147 cm³/mol. The van der Waals surface area contributed by atoms with E-state index in [1.165, 1.54) is 48.3 Å². The summed E-state index contributed by atoms with van der Waals surface area (Å²) in [5.41, 5.74) is 5.46. The van der Waals surface area contributed by atoms with E-state index < -0.39 is 5.60 Å². The second-order valence-corrected chi connectivity index (χ2v) is 11.5. The molecule has 7 nitrogen and oxygen atoms in total. The van der Waals surface area contributed by atoms with Crippen LogP contribution in [0.15, 0.2) is 48.8 Å². The Bertz CT molecular complexity index is 1240. The number of fused-ring (bicyclic) bond motifs is 1. The third-order valence-corrected chi connectivity index (χ3v) is 8.89. The van der Waals surface area contributed by atoms with Gasteiger partial charge in [-0.3, -0.25) is 4.79 Å². The number of piperidine rings is 1. The molecule has 1 aliphatic carbocycles. The molecule has 0 bridgehead atoms. The normalized spacial score (nSPS) is 25.4. The molecule has 3 fully saturated rings. The number of rotatable bonds is 5. The van der Waals surface area contributed by atoms with Crippen molar-refractivity contribution in [3.05, 3.63) is 54.4 Å². The first-order valence-corrected chi connectivity index (χ1v) is 14.0. The van der Waals surface area contributed by atoms with Gasteiger partial charge in [0.15, 0.2) is 0 Å². The van der Waals surface area contributed by atoms with Gasteiger partial charge >= 0.3 is 0 Å². The Balaban J connectivity index is 1.13. The van der Waals surface area contributed by atoms with Crippen LogP contribution < -0.4 is 4.90 Å². The van der Waals surface area contributed by atoms with Crippen LogP contribution in [-0.2, 0) is 4.79 Å². The highest BCUT2D eigenvalue weighted by atomic mass is 16.3. The van der Waals surface area contributed by atoms with Crippen LogP contribution in [0.25, 0.3) is 16.6 Å². The maximum atomic E-state index is 12.8. The number of nitrogens with zero attached hydrogens (tertiary/aromatic N) is 5. The van der Waals surface area contributed by atoms with Gasteiger partial charge in [-0.05, 0) is 81.4 Å². The number of aliphatic hydroxyl groups is 1. The molecule has 37 heavy (non-hydrogen) atoms. The van der Waals surface area contributed by atoms with Crippen molar-refractivity contribution < 1.29 is 9.90 Å². The predicted octanol–water partition coefficient (Wildman–Crippen LogP) is 4.01. The Hall–Kier alpha value is -2.90. The zero-order valence-electron chi connectivity index (χ0n) is 22.1. The number of benzene rings is 1. The van der Waals surface area contributed by atoms with E-state index in [9.17, 15) is 9.90 Å². The molecule has 6 rings (SSSR count). The minimum atomic E-state index is -0.662. The lowest BCUT2D eigenvalue weighted by molar-refractivity contribution is -0.149. The lowest BCUT2D eigenvalue weighted by Crippen LogP contribution is -2.54. The molecule has 2 saturated heterocycles. The van der Waals surface area contributed by atoms with E-state index >= 15 is 0 Å². The third kappa shape index (κ3) is 4.87. The van der Waals surface area contributed by atoms with Crippen molar-refractivity contribution in [3.63, 3.8) is 0 Å². The largest absolute Gasteiger partial charge is 0.390 e. The van der Waals surface area contributed by atoms with E-state index in [2.05, 4.69) is 64.4 Å². The van der Waals surface area contributed by atoms with Gasteiger partial charge in [-0.1, -0.05) is 31.2 Å². The summed E-state index contributed by atoms with van der Waals surface area (Å²) in [5.74, 6) is 0.856. The van der Waals surface area contributed by atoms with Gasteiger partial charge in [0.1, 0.15) is 0 Å². The summed E-state index contributed by atoms with van der Waals surface area (Å²) in [6, 6.07) is 13.5. The number of carbonyl (C=O) groups excluding carboxylic acids is 1. The van der Waals surface area contributed by atoms with E-state index in [1.54, 1.807) is 0 Å². The Morgan fingerprint density at radius 1 is 1.00 bits per heavy atom. The van der Waals surface area contributed by atoms with Gasteiger partial charge in [0.05, 0.1) is 16.8 Å². The number of anilines is 1. The van der Waals surface area contributed by atoms with Crippen LogP contribution in [0.4, 0.5) is 5.69 Å². The molecule has 196 valence electrons. The van der Waals surface area contributed by atoms with Gasteiger partial charge in [0.2, 0.25) is 5.91 Å². The quantitative estimate of drug-likeness (QED) is 0.572. The maximum Gasteiger partial charge on any atom is 0.226 e. The summed E-state index contributed by atoms with van der Waals surface area (Å²) in [6.07, 6.45) is 7.65. The Labute approximate surface area is 219 Å². The van der Waals surface area contributed by atoms with Gasteiger partial charge in [-0.15, -0.1) is 0 Å². The molecule has 1 saturated carbocycles. The standard InChI is InChI=1S/C30H39N5O2/c1-3-32-12-9-24(10-13-32)22-4-6-23(7-5-22)25-18-28-27(8-11-31-35(28)21-25)33-14-16-34(17-15-33)29(36)26-19-30(2,37)20-26/h4-8,11,18,21,24,26,37H,3,9-10,12-17,19-20H2,1-2H3. The van der Waals surface area contributed by atoms with Crippen molar-refractivity contribution in [3.8, 4) is 11.1 Å². The molecule has 0 radical (unpaired) electrons. The molecule has 0 unspecified atom stereocenters. The Morgan fingerprint density at radius 2 is 1.70 bits per heavy atom. The highest BCUT2D eigenvalue weighted by molar-refractivity contribution is 5.82. The van der Waals surface area contributed by atoms with Crippen molar-refractivity contribution in [2.75, 3.05) is 50.7 Å². The van der Waals surface area contributed by atoms with Crippen molar-refractivity contribution in [2.45, 2.75) is 51.0 Å². The fourth-order valence-electron chi connectivity index (χ4n) is 6.56. The second-order valence-electron chi connectivity index (χ2n) is 11.5. The summed E-state index contributed by atoms with van der Waals surface area (Å²) >= 11 is 0. The molecular weight excluding hydrogens is 462 g/mol. The fraction of sp³-hybridized carbons (Fsp3) is 0.533. The molecule has 1 N–H and O–H groups in total. The monoisotopic (exact) mass is 501 g/mol. The van der Waals surface area contributed by atoms with Crippen LogP contribution in [0.3, 0.4) is 0 Å². The van der Waals surface area contributed by atoms with Crippen LogP contribution in [-0.4, -0.2) is 81.8 Å². The molecule has 2 aliphatic heterocycles. The van der Waals surface area contributed by atoms with Crippen molar-refractivity contribution in [1.82, 2.24) is 19.4 Å². The third-order valence-electron chi connectivity index (χ3n) is 8.89. The second kappa shape index (κ2) is 9.76. The Kier molecular flexibility index (Phi) is 6.45. The maximum absolute atomic E-state index is 12.8. The summed E-state index contributed by atoms with van der Waals surface area (Å²) in [4.78, 5) is 19.7. The number of aromatic nitrogens is 2. The highest BCUT2D eigenvalue weighted by Crippen LogP contribution is 2.39. The highest BCUT2D eigenvalue weighted by Gasteiger charge is 2.44. The smallest absolute Gasteiger partial charge is 0.226 e. The molecule has 4 heterocycles. The summed E-state index contributed by atoms with van der Waals surface area (Å²) in [7, 11) is 0. The lowest BCUT2D eigenvalue weighted by atomic mass is 9.71. The number of hydrogen-bond donors (Lipinski definition) is 1. The summed E-state index contributed by atoms with van der Waals surface area (Å²) in [6.45, 7) is 10.7. The molecule has 0 spiro atoms. The molecule has 0 atom stereocenters. The minimum Gasteiger partial charge on any atom is -0.390 e. The minimum absolute atomic E-state index is 0.0158. The molecular formula is C30H39N5O2. The first-order chi connectivity index (χ1) is 17.9. The van der Waals surface area contributed by atoms with E-state index in [-0.39, 0.29) is 11.8 Å². The molecule has 3 aliphatic rings. The van der Waals surface area contributed by atoms with Gasteiger partial charge < -0.3 is 19.8 Å². The molecule has 3 aromatic rings. The van der Waals surface area contributed by atoms with Crippen LogP contribution in [0.5, 0.6) is 0 Å². The number of piperazine rings is 1. The SMILES string of the molecule is CCN1CCC(c2ccc(-c3cc4c(N5CCN(C(=O)C6CC(C)(O)C6)CC5)ccnn4c3)cc2)CC1. The van der Waals surface area contributed by atoms with Crippen LogP contribution in [0.1, 0.15) is 51.0 Å². The van der Waals surface area contributed by atoms with Crippen LogP contribution >= 0.6 is 0 Å². The molecule has 2 aromatic heterocycles. The summed E-state index contributed by atoms with van der Waals surface area (Å²) < 4.78 is 1.98. The number of carbonyl (C=O) groups is 1. The Morgan fingerprint density at radius 3 is 2.35 bits per heavy atom. The lowest BCUT2D eigenvalue weighted by Gasteiger charge is -2.44. The van der Waals surface area contributed by atoms with Gasteiger partial charge in [-0.2, -0.15) is 5.10 Å². The zero-order chi connectivity index (χ0) is 25.6. The number of amides is 1. The molecule has 1 amide bonds. The van der Waals surface area contributed by atoms with E-state index in [0.717, 1.165) is 38.2 Å². The van der Waals surface area contributed by atoms with Crippen molar-refractivity contribution in [1.29, 1.82) is 0 Å². The van der Waals surface area contributed by atoms with Gasteiger partial charge in [0.25, 0.3) is 0 Å². The van der Waals surface area contributed by atoms with Gasteiger partial charge in [0, 0.05) is 50.1 Å². The van der Waals surface area contributed by atoms with Crippen molar-refractivity contribution >= 4 is 17.1 Å². The molecule has 7 heteroatoms. The van der Waals surface area contributed by atoms with E-state index in [1.807, 2.05) is 22.5 Å². The van der Waals surface area contributed by atoms with Crippen LogP contribution in [0.2, 0.25) is 0 Å². The van der Waals surface area contributed by atoms with Gasteiger partial charge in [-0.25, -0.2) is 4.52 Å². The van der Waals surface area contributed by atoms with Crippen molar-refractivity contribution in [2.24, 2.45) is 5.92 Å². The van der Waals surface area contributed by atoms with E-state index in [0.29, 0.717) is 18.8 Å². The average Bonchev–Trinajstić information content (AvgIpc) is 3.36. The van der Waals surface area contributed by atoms with E-state index in [4.69, 9.17) is 0 Å². The molecule has 1 aromatic carbocycles. The average molecular weight is 502 g/mol. The first kappa shape index (κ1) is 24.4. The topological polar surface area (TPSA) is 64.3 Å². The number of likely N-dealkylation sites (tertiary alicyclic amines) is 1. The fourth-order valence-corrected chi connectivity index (χ4v) is 6.56. The van der Waals surface area contributed by atoms with Crippen LogP contribution in [0, 0.1) is 5.92 Å². The zero-order valence-corrected chi connectivity index (χ0v) is 22.1. The number of hydrogen-bond acceptors (Lipinski definition) is 5. The first-order valence-electron chi connectivity index (χ1n) is 14.0.